The summed E-state index contributed by atoms with van der Waals surface area (Å²) in [5.74, 6) is 0.167. The molecule has 0 saturated heterocycles. The van der Waals surface area contributed by atoms with Crippen LogP contribution < -0.4 is 10.1 Å². The summed E-state index contributed by atoms with van der Waals surface area (Å²) >= 11 is 0. The standard InChI is InChI=1S/C28H34F3N3O3/c1-8-36-26(35)27(4,5)37-24-14-11-20(15-17(24)2)22(32-6)16-23-18(3)25(33-34(23)7)19-9-12-21(13-10-19)28(29,30)31/h9-15,22,32H,8,16H2,1-7H3. The zero-order valence-corrected chi connectivity index (χ0v) is 22.3. The van der Waals surface area contributed by atoms with Gasteiger partial charge in [0.2, 0.25) is 0 Å². The quantitative estimate of drug-likeness (QED) is 0.356. The Kier molecular flexibility index (Phi) is 8.37. The highest BCUT2D eigenvalue weighted by atomic mass is 19.4. The monoisotopic (exact) mass is 517 g/mol. The first-order valence-corrected chi connectivity index (χ1v) is 12.1. The number of rotatable bonds is 9. The van der Waals surface area contributed by atoms with Gasteiger partial charge in [-0.15, -0.1) is 0 Å². The van der Waals surface area contributed by atoms with Crippen LogP contribution >= 0.6 is 0 Å². The van der Waals surface area contributed by atoms with Crippen LogP contribution in [0.2, 0.25) is 0 Å². The second kappa shape index (κ2) is 11.0. The molecule has 3 rings (SSSR count). The number of aromatic nitrogens is 2. The first-order chi connectivity index (χ1) is 17.3. The summed E-state index contributed by atoms with van der Waals surface area (Å²) in [5.41, 5.74) is 3.27. The van der Waals surface area contributed by atoms with E-state index in [1.165, 1.54) is 12.1 Å². The summed E-state index contributed by atoms with van der Waals surface area (Å²) in [5, 5.41) is 7.94. The number of alkyl halides is 3. The van der Waals surface area contributed by atoms with Gasteiger partial charge >= 0.3 is 12.1 Å². The summed E-state index contributed by atoms with van der Waals surface area (Å²) < 4.78 is 51.7. The SMILES string of the molecule is CCOC(=O)C(C)(C)Oc1ccc(C(Cc2c(C)c(-c3ccc(C(F)(F)F)cc3)nn2C)NC)cc1C. The molecule has 200 valence electrons. The minimum atomic E-state index is -4.38. The van der Waals surface area contributed by atoms with E-state index in [4.69, 9.17) is 9.47 Å². The molecule has 0 aliphatic carbocycles. The van der Waals surface area contributed by atoms with E-state index < -0.39 is 23.3 Å². The van der Waals surface area contributed by atoms with Crippen molar-refractivity contribution in [2.24, 2.45) is 7.05 Å². The maximum absolute atomic E-state index is 13.0. The number of carbonyl (C=O) groups is 1. The number of halogens is 3. The molecule has 0 aliphatic heterocycles. The number of aryl methyl sites for hydroxylation is 2. The number of hydrogen-bond acceptors (Lipinski definition) is 5. The van der Waals surface area contributed by atoms with Gasteiger partial charge in [0.05, 0.1) is 17.9 Å². The lowest BCUT2D eigenvalue weighted by atomic mass is 9.97. The molecule has 9 heteroatoms. The van der Waals surface area contributed by atoms with Crippen LogP contribution in [0, 0.1) is 13.8 Å². The lowest BCUT2D eigenvalue weighted by Gasteiger charge is -2.26. The Morgan fingerprint density at radius 1 is 1.11 bits per heavy atom. The van der Waals surface area contributed by atoms with Crippen LogP contribution in [0.15, 0.2) is 42.5 Å². The van der Waals surface area contributed by atoms with Crippen LogP contribution in [0.5, 0.6) is 5.75 Å². The van der Waals surface area contributed by atoms with Crippen LogP contribution in [-0.2, 0) is 29.2 Å². The van der Waals surface area contributed by atoms with Crippen LogP contribution in [0.25, 0.3) is 11.3 Å². The fraction of sp³-hybridized carbons (Fsp3) is 0.429. The Morgan fingerprint density at radius 2 is 1.76 bits per heavy atom. The number of nitrogens with one attached hydrogen (secondary N) is 1. The van der Waals surface area contributed by atoms with Crippen molar-refractivity contribution < 1.29 is 27.4 Å². The third-order valence-electron chi connectivity index (χ3n) is 6.39. The predicted octanol–water partition coefficient (Wildman–Crippen LogP) is 5.95. The molecular weight excluding hydrogens is 483 g/mol. The highest BCUT2D eigenvalue weighted by molar-refractivity contribution is 5.79. The predicted molar refractivity (Wildman–Crippen MR) is 136 cm³/mol. The van der Waals surface area contributed by atoms with Crippen molar-refractivity contribution in [1.29, 1.82) is 0 Å². The molecule has 2 aromatic carbocycles. The molecule has 6 nitrogen and oxygen atoms in total. The highest BCUT2D eigenvalue weighted by Crippen LogP contribution is 2.33. The van der Waals surface area contributed by atoms with Crippen molar-refractivity contribution in [3.05, 3.63) is 70.4 Å². The Bertz CT molecular complexity index is 1250. The van der Waals surface area contributed by atoms with Gasteiger partial charge in [0.15, 0.2) is 5.60 Å². The molecule has 1 aromatic heterocycles. The van der Waals surface area contributed by atoms with E-state index in [0.717, 1.165) is 34.5 Å². The number of nitrogens with zero attached hydrogens (tertiary/aromatic N) is 2. The normalized spacial score (nSPS) is 12.9. The fourth-order valence-corrected chi connectivity index (χ4v) is 4.25. The number of carbonyl (C=O) groups excluding carboxylic acids is 1. The first-order valence-electron chi connectivity index (χ1n) is 12.1. The van der Waals surface area contributed by atoms with Crippen molar-refractivity contribution in [3.63, 3.8) is 0 Å². The molecule has 1 atom stereocenters. The molecule has 0 aliphatic rings. The zero-order chi connectivity index (χ0) is 27.5. The summed E-state index contributed by atoms with van der Waals surface area (Å²) in [4.78, 5) is 12.2. The van der Waals surface area contributed by atoms with Gasteiger partial charge in [0, 0.05) is 30.8 Å². The average molecular weight is 518 g/mol. The summed E-state index contributed by atoms with van der Waals surface area (Å²) in [7, 11) is 3.71. The van der Waals surface area contributed by atoms with Crippen molar-refractivity contribution in [2.75, 3.05) is 13.7 Å². The number of esters is 1. The smallest absolute Gasteiger partial charge is 0.416 e. The minimum Gasteiger partial charge on any atom is -0.476 e. The lowest BCUT2D eigenvalue weighted by molar-refractivity contribution is -0.158. The molecule has 0 saturated carbocycles. The lowest BCUT2D eigenvalue weighted by Crippen LogP contribution is -2.39. The average Bonchev–Trinajstić information content (AvgIpc) is 3.11. The Morgan fingerprint density at radius 3 is 2.30 bits per heavy atom. The van der Waals surface area contributed by atoms with Crippen LogP contribution in [0.4, 0.5) is 13.2 Å². The molecule has 0 fully saturated rings. The van der Waals surface area contributed by atoms with Crippen molar-refractivity contribution >= 4 is 5.97 Å². The second-order valence-electron chi connectivity index (χ2n) is 9.52. The number of hydrogen-bond donors (Lipinski definition) is 1. The Balaban J connectivity index is 1.83. The van der Waals surface area contributed by atoms with Gasteiger partial charge in [-0.1, -0.05) is 24.3 Å². The van der Waals surface area contributed by atoms with Crippen LogP contribution in [-0.4, -0.2) is 35.0 Å². The maximum Gasteiger partial charge on any atom is 0.416 e. The highest BCUT2D eigenvalue weighted by Gasteiger charge is 2.32. The molecule has 1 N–H and O–H groups in total. The van der Waals surface area contributed by atoms with Crippen LogP contribution in [0.3, 0.4) is 0 Å². The fourth-order valence-electron chi connectivity index (χ4n) is 4.25. The van der Waals surface area contributed by atoms with Gasteiger partial charge in [-0.3, -0.25) is 4.68 Å². The molecule has 0 radical (unpaired) electrons. The van der Waals surface area contributed by atoms with Gasteiger partial charge in [-0.05, 0) is 76.6 Å². The van der Waals surface area contributed by atoms with E-state index >= 15 is 0 Å². The molecule has 0 amide bonds. The Labute approximate surface area is 215 Å². The van der Waals surface area contributed by atoms with E-state index in [1.54, 1.807) is 25.5 Å². The topological polar surface area (TPSA) is 65.4 Å². The van der Waals surface area contributed by atoms with E-state index in [1.807, 2.05) is 46.1 Å². The summed E-state index contributed by atoms with van der Waals surface area (Å²) in [6.07, 6.45) is -3.77. The van der Waals surface area contributed by atoms with E-state index in [0.29, 0.717) is 23.4 Å². The minimum absolute atomic E-state index is 0.0552. The van der Waals surface area contributed by atoms with Gasteiger partial charge in [-0.25, -0.2) is 4.79 Å². The zero-order valence-electron chi connectivity index (χ0n) is 22.3. The van der Waals surface area contributed by atoms with Gasteiger partial charge in [0.25, 0.3) is 0 Å². The maximum atomic E-state index is 13.0. The summed E-state index contributed by atoms with van der Waals surface area (Å²) in [6, 6.07) is 10.8. The second-order valence-corrected chi connectivity index (χ2v) is 9.52. The Hall–Kier alpha value is -3.33. The van der Waals surface area contributed by atoms with E-state index in [2.05, 4.69) is 10.4 Å². The number of likely N-dealkylation sites (N-methyl/N-ethyl adjacent to an activating group) is 1. The van der Waals surface area contributed by atoms with Crippen molar-refractivity contribution in [3.8, 4) is 17.0 Å². The molecule has 1 heterocycles. The number of ether oxygens (including phenoxy) is 2. The molecule has 0 bridgehead atoms. The van der Waals surface area contributed by atoms with Gasteiger partial charge in [0.1, 0.15) is 5.75 Å². The molecule has 0 spiro atoms. The molecule has 37 heavy (non-hydrogen) atoms. The largest absolute Gasteiger partial charge is 0.476 e. The molecule has 3 aromatic rings. The van der Waals surface area contributed by atoms with E-state index in [-0.39, 0.29) is 12.6 Å². The van der Waals surface area contributed by atoms with Crippen molar-refractivity contribution in [1.82, 2.24) is 15.1 Å². The third kappa shape index (κ3) is 6.33. The molecule has 1 unspecified atom stereocenters. The number of benzene rings is 2. The third-order valence-corrected chi connectivity index (χ3v) is 6.39. The first kappa shape index (κ1) is 28.2. The molecular formula is C28H34F3N3O3. The van der Waals surface area contributed by atoms with Crippen LogP contribution in [0.1, 0.15) is 54.8 Å². The van der Waals surface area contributed by atoms with Crippen molar-refractivity contribution in [2.45, 2.75) is 58.9 Å². The van der Waals surface area contributed by atoms with Gasteiger partial charge in [-0.2, -0.15) is 18.3 Å². The van der Waals surface area contributed by atoms with Gasteiger partial charge < -0.3 is 14.8 Å². The van der Waals surface area contributed by atoms with E-state index in [9.17, 15) is 18.0 Å². The summed E-state index contributed by atoms with van der Waals surface area (Å²) in [6.45, 7) is 9.23.